The lowest BCUT2D eigenvalue weighted by atomic mass is 10.1. The van der Waals surface area contributed by atoms with Crippen LogP contribution in [0.1, 0.15) is 12.0 Å². The van der Waals surface area contributed by atoms with Gasteiger partial charge < -0.3 is 15.0 Å². The minimum absolute atomic E-state index is 0.538. The number of ether oxygens (including phenoxy) is 1. The molecule has 1 aromatic heterocycles. The van der Waals surface area contributed by atoms with Gasteiger partial charge in [-0.15, -0.1) is 0 Å². The van der Waals surface area contributed by atoms with Gasteiger partial charge in [-0.05, 0) is 42.7 Å². The molecule has 0 saturated heterocycles. The SMILES string of the molecule is Nc1conc1-c1ccc(OCCCc2ccccc2)cc1. The smallest absolute Gasteiger partial charge is 0.147 e. The standard InChI is InChI=1S/C18H18N2O2/c19-17-13-22-20-18(17)15-8-10-16(11-9-15)21-12-4-7-14-5-2-1-3-6-14/h1-3,5-6,8-11,13H,4,7,12,19H2. The van der Waals surface area contributed by atoms with E-state index in [1.165, 1.54) is 11.8 Å². The van der Waals surface area contributed by atoms with Crippen LogP contribution < -0.4 is 10.5 Å². The third kappa shape index (κ3) is 3.47. The number of rotatable bonds is 6. The maximum Gasteiger partial charge on any atom is 0.147 e. The second-order valence-electron chi connectivity index (χ2n) is 5.08. The third-order valence-corrected chi connectivity index (χ3v) is 3.45. The molecule has 0 spiro atoms. The molecule has 3 rings (SSSR count). The number of aromatic nitrogens is 1. The van der Waals surface area contributed by atoms with Gasteiger partial charge in [-0.1, -0.05) is 35.5 Å². The summed E-state index contributed by atoms with van der Waals surface area (Å²) in [5.74, 6) is 0.846. The molecule has 0 fully saturated rings. The van der Waals surface area contributed by atoms with Gasteiger partial charge in [0.2, 0.25) is 0 Å². The highest BCUT2D eigenvalue weighted by Crippen LogP contribution is 2.25. The van der Waals surface area contributed by atoms with E-state index in [2.05, 4.69) is 29.4 Å². The second kappa shape index (κ2) is 6.80. The zero-order valence-electron chi connectivity index (χ0n) is 12.2. The molecule has 0 aliphatic carbocycles. The summed E-state index contributed by atoms with van der Waals surface area (Å²) >= 11 is 0. The maximum absolute atomic E-state index is 5.78. The Morgan fingerprint density at radius 1 is 1.00 bits per heavy atom. The van der Waals surface area contributed by atoms with Gasteiger partial charge in [-0.25, -0.2) is 0 Å². The Balaban J connectivity index is 1.50. The van der Waals surface area contributed by atoms with Crippen LogP contribution in [0.25, 0.3) is 11.3 Å². The summed E-state index contributed by atoms with van der Waals surface area (Å²) < 4.78 is 10.6. The van der Waals surface area contributed by atoms with Crippen molar-refractivity contribution < 1.29 is 9.26 Å². The maximum atomic E-state index is 5.78. The fraction of sp³-hybridized carbons (Fsp3) is 0.167. The quantitative estimate of drug-likeness (QED) is 0.700. The fourth-order valence-corrected chi connectivity index (χ4v) is 2.28. The molecule has 0 bridgehead atoms. The van der Waals surface area contributed by atoms with E-state index in [1.54, 1.807) is 0 Å². The Morgan fingerprint density at radius 3 is 2.45 bits per heavy atom. The molecule has 0 aliphatic heterocycles. The molecule has 3 aromatic rings. The fourth-order valence-electron chi connectivity index (χ4n) is 2.28. The highest BCUT2D eigenvalue weighted by Gasteiger charge is 2.07. The molecule has 1 heterocycles. The first-order valence-electron chi connectivity index (χ1n) is 7.30. The van der Waals surface area contributed by atoms with E-state index < -0.39 is 0 Å². The van der Waals surface area contributed by atoms with E-state index in [-0.39, 0.29) is 0 Å². The summed E-state index contributed by atoms with van der Waals surface area (Å²) in [4.78, 5) is 0. The Morgan fingerprint density at radius 2 is 1.77 bits per heavy atom. The number of nitrogens with two attached hydrogens (primary N) is 1. The van der Waals surface area contributed by atoms with Gasteiger partial charge in [-0.2, -0.15) is 0 Å². The van der Waals surface area contributed by atoms with Crippen LogP contribution in [0.4, 0.5) is 5.69 Å². The summed E-state index contributed by atoms with van der Waals surface area (Å²) in [6.07, 6.45) is 3.44. The first-order valence-corrected chi connectivity index (χ1v) is 7.30. The molecule has 4 nitrogen and oxygen atoms in total. The van der Waals surface area contributed by atoms with Crippen LogP contribution in [-0.4, -0.2) is 11.8 Å². The number of benzene rings is 2. The molecule has 0 atom stereocenters. The van der Waals surface area contributed by atoms with Gasteiger partial charge in [0.25, 0.3) is 0 Å². The van der Waals surface area contributed by atoms with Crippen LogP contribution in [0, 0.1) is 0 Å². The van der Waals surface area contributed by atoms with Crippen LogP contribution in [0.5, 0.6) is 5.75 Å². The molecule has 2 aromatic carbocycles. The molecule has 0 amide bonds. The molecule has 0 aliphatic rings. The topological polar surface area (TPSA) is 61.3 Å². The lowest BCUT2D eigenvalue weighted by Gasteiger charge is -2.07. The Hall–Kier alpha value is -2.75. The van der Waals surface area contributed by atoms with Gasteiger partial charge in [0.05, 0.1) is 6.61 Å². The number of hydrogen-bond acceptors (Lipinski definition) is 4. The first-order chi connectivity index (χ1) is 10.8. The van der Waals surface area contributed by atoms with Crippen LogP contribution in [0.2, 0.25) is 0 Å². The predicted octanol–water partition coefficient (Wildman–Crippen LogP) is 3.94. The van der Waals surface area contributed by atoms with Crippen molar-refractivity contribution in [3.8, 4) is 17.0 Å². The van der Waals surface area contributed by atoms with E-state index in [9.17, 15) is 0 Å². The average molecular weight is 294 g/mol. The molecule has 112 valence electrons. The van der Waals surface area contributed by atoms with Crippen molar-refractivity contribution in [1.82, 2.24) is 5.16 Å². The average Bonchev–Trinajstić information content (AvgIpc) is 2.99. The highest BCUT2D eigenvalue weighted by molar-refractivity contribution is 5.71. The van der Waals surface area contributed by atoms with Crippen LogP contribution in [0.15, 0.2) is 65.4 Å². The summed E-state index contributed by atoms with van der Waals surface area (Å²) in [6.45, 7) is 0.695. The predicted molar refractivity (Wildman–Crippen MR) is 86.6 cm³/mol. The van der Waals surface area contributed by atoms with Crippen LogP contribution >= 0.6 is 0 Å². The third-order valence-electron chi connectivity index (χ3n) is 3.45. The lowest BCUT2D eigenvalue weighted by molar-refractivity contribution is 0.311. The van der Waals surface area contributed by atoms with Gasteiger partial charge in [0, 0.05) is 5.56 Å². The molecule has 22 heavy (non-hydrogen) atoms. The van der Waals surface area contributed by atoms with Crippen LogP contribution in [-0.2, 0) is 6.42 Å². The van der Waals surface area contributed by atoms with E-state index in [0.29, 0.717) is 18.0 Å². The Labute approximate surface area is 129 Å². The minimum atomic E-state index is 0.538. The van der Waals surface area contributed by atoms with Crippen LogP contribution in [0.3, 0.4) is 0 Å². The first kappa shape index (κ1) is 14.2. The zero-order valence-corrected chi connectivity index (χ0v) is 12.2. The lowest BCUT2D eigenvalue weighted by Crippen LogP contribution is -1.99. The number of nitrogens with zero attached hydrogens (tertiary/aromatic N) is 1. The summed E-state index contributed by atoms with van der Waals surface area (Å²) in [5.41, 5.74) is 9.23. The van der Waals surface area contributed by atoms with Gasteiger partial charge >= 0.3 is 0 Å². The van der Waals surface area contributed by atoms with Crippen molar-refractivity contribution in [2.45, 2.75) is 12.8 Å². The van der Waals surface area contributed by atoms with Crippen molar-refractivity contribution in [1.29, 1.82) is 0 Å². The van der Waals surface area contributed by atoms with Crippen molar-refractivity contribution in [2.75, 3.05) is 12.3 Å². The number of hydrogen-bond donors (Lipinski definition) is 1. The molecule has 2 N–H and O–H groups in total. The van der Waals surface area contributed by atoms with E-state index in [4.69, 9.17) is 15.0 Å². The molecular formula is C18H18N2O2. The zero-order chi connectivity index (χ0) is 15.2. The van der Waals surface area contributed by atoms with Crippen molar-refractivity contribution in [3.05, 3.63) is 66.4 Å². The number of aryl methyl sites for hydroxylation is 1. The highest BCUT2D eigenvalue weighted by atomic mass is 16.5. The Kier molecular flexibility index (Phi) is 4.39. The Bertz CT molecular complexity index is 705. The summed E-state index contributed by atoms with van der Waals surface area (Å²) in [5, 5.41) is 3.88. The number of nitrogen functional groups attached to an aromatic ring is 1. The van der Waals surface area contributed by atoms with E-state index in [0.717, 1.165) is 24.2 Å². The molecule has 4 heteroatoms. The van der Waals surface area contributed by atoms with E-state index in [1.807, 2.05) is 30.3 Å². The minimum Gasteiger partial charge on any atom is -0.494 e. The van der Waals surface area contributed by atoms with Crippen molar-refractivity contribution >= 4 is 5.69 Å². The summed E-state index contributed by atoms with van der Waals surface area (Å²) in [6, 6.07) is 18.1. The molecule has 0 unspecified atom stereocenters. The van der Waals surface area contributed by atoms with E-state index >= 15 is 0 Å². The number of anilines is 1. The summed E-state index contributed by atoms with van der Waals surface area (Å²) in [7, 11) is 0. The largest absolute Gasteiger partial charge is 0.494 e. The molecule has 0 radical (unpaired) electrons. The van der Waals surface area contributed by atoms with Gasteiger partial charge in [0.1, 0.15) is 23.4 Å². The molecule has 0 saturated carbocycles. The monoisotopic (exact) mass is 294 g/mol. The van der Waals surface area contributed by atoms with Crippen molar-refractivity contribution in [3.63, 3.8) is 0 Å². The molecular weight excluding hydrogens is 276 g/mol. The van der Waals surface area contributed by atoms with Gasteiger partial charge in [0.15, 0.2) is 0 Å². The normalized spacial score (nSPS) is 10.5. The van der Waals surface area contributed by atoms with Crippen molar-refractivity contribution in [2.24, 2.45) is 0 Å². The second-order valence-corrected chi connectivity index (χ2v) is 5.08. The van der Waals surface area contributed by atoms with Gasteiger partial charge in [-0.3, -0.25) is 0 Å².